The average molecular weight is 451 g/mol. The summed E-state index contributed by atoms with van der Waals surface area (Å²) in [5.41, 5.74) is 3.51. The van der Waals surface area contributed by atoms with Crippen LogP contribution in [0.1, 0.15) is 67.6 Å². The Morgan fingerprint density at radius 3 is 2.45 bits per heavy atom. The molecule has 2 amide bonds. The van der Waals surface area contributed by atoms with Gasteiger partial charge in [0.1, 0.15) is 5.60 Å². The zero-order chi connectivity index (χ0) is 23.6. The van der Waals surface area contributed by atoms with Gasteiger partial charge in [0, 0.05) is 49.8 Å². The van der Waals surface area contributed by atoms with Crippen LogP contribution in [-0.2, 0) is 11.2 Å². The van der Waals surface area contributed by atoms with E-state index in [1.165, 1.54) is 11.3 Å². The summed E-state index contributed by atoms with van der Waals surface area (Å²) in [4.78, 5) is 33.9. The molecule has 1 aliphatic carbocycles. The molecular formula is C26H34N4O3. The molecule has 7 heteroatoms. The SMILES string of the molecule is CN(C(=O)c1ccc2c(c1)[C@H](NC(=O)OC(C)(C)C)CC2)C1CCN(c2ccncc2)CC1. The van der Waals surface area contributed by atoms with E-state index < -0.39 is 11.7 Å². The Balaban J connectivity index is 1.39. The lowest BCUT2D eigenvalue weighted by molar-refractivity contribution is 0.0503. The highest BCUT2D eigenvalue weighted by molar-refractivity contribution is 5.94. The van der Waals surface area contributed by atoms with Gasteiger partial charge in [-0.25, -0.2) is 4.79 Å². The number of carbonyl (C=O) groups is 2. The van der Waals surface area contributed by atoms with Crippen LogP contribution < -0.4 is 10.2 Å². The molecule has 1 fully saturated rings. The van der Waals surface area contributed by atoms with E-state index in [9.17, 15) is 9.59 Å². The molecule has 0 spiro atoms. The molecule has 4 rings (SSSR count). The lowest BCUT2D eigenvalue weighted by Crippen LogP contribution is -2.45. The van der Waals surface area contributed by atoms with Gasteiger partial charge in [0.15, 0.2) is 0 Å². The van der Waals surface area contributed by atoms with Crippen molar-refractivity contribution < 1.29 is 14.3 Å². The maximum atomic E-state index is 13.3. The van der Waals surface area contributed by atoms with Crippen LogP contribution in [0, 0.1) is 0 Å². The lowest BCUT2D eigenvalue weighted by Gasteiger charge is -2.38. The number of hydrogen-bond donors (Lipinski definition) is 1. The van der Waals surface area contributed by atoms with Gasteiger partial charge in [-0.3, -0.25) is 9.78 Å². The molecule has 2 aromatic rings. The highest BCUT2D eigenvalue weighted by Gasteiger charge is 2.30. The third kappa shape index (κ3) is 5.46. The fraction of sp³-hybridized carbons (Fsp3) is 0.500. The Morgan fingerprint density at radius 1 is 1.09 bits per heavy atom. The first-order valence-electron chi connectivity index (χ1n) is 11.8. The molecule has 2 aliphatic rings. The van der Waals surface area contributed by atoms with Crippen molar-refractivity contribution in [3.63, 3.8) is 0 Å². The maximum Gasteiger partial charge on any atom is 0.408 e. The van der Waals surface area contributed by atoms with E-state index in [0.29, 0.717) is 5.56 Å². The van der Waals surface area contributed by atoms with Gasteiger partial charge < -0.3 is 19.9 Å². The zero-order valence-electron chi connectivity index (χ0n) is 20.0. The predicted molar refractivity (Wildman–Crippen MR) is 128 cm³/mol. The van der Waals surface area contributed by atoms with Gasteiger partial charge >= 0.3 is 6.09 Å². The fourth-order valence-corrected chi connectivity index (χ4v) is 4.77. The van der Waals surface area contributed by atoms with E-state index in [4.69, 9.17) is 4.74 Å². The average Bonchev–Trinajstić information content (AvgIpc) is 3.19. The summed E-state index contributed by atoms with van der Waals surface area (Å²) in [6.45, 7) is 7.38. The van der Waals surface area contributed by atoms with Crippen LogP contribution in [-0.4, -0.2) is 53.7 Å². The van der Waals surface area contributed by atoms with Crippen LogP contribution in [0.25, 0.3) is 0 Å². The Kier molecular flexibility index (Phi) is 6.58. The quantitative estimate of drug-likeness (QED) is 0.750. The molecule has 0 bridgehead atoms. The summed E-state index contributed by atoms with van der Waals surface area (Å²) in [5.74, 6) is 0.0306. The molecule has 2 heterocycles. The second-order valence-electron chi connectivity index (χ2n) is 9.99. The highest BCUT2D eigenvalue weighted by Crippen LogP contribution is 2.33. The first-order chi connectivity index (χ1) is 15.7. The third-order valence-corrected chi connectivity index (χ3v) is 6.52. The van der Waals surface area contributed by atoms with Crippen molar-refractivity contribution in [2.45, 2.75) is 64.1 Å². The van der Waals surface area contributed by atoms with Gasteiger partial charge in [0.25, 0.3) is 5.91 Å². The zero-order valence-corrected chi connectivity index (χ0v) is 20.0. The predicted octanol–water partition coefficient (Wildman–Crippen LogP) is 4.33. The van der Waals surface area contributed by atoms with Crippen molar-refractivity contribution in [1.82, 2.24) is 15.2 Å². The number of aryl methyl sites for hydroxylation is 1. The molecule has 176 valence electrons. The second kappa shape index (κ2) is 9.41. The largest absolute Gasteiger partial charge is 0.444 e. The molecule has 0 saturated carbocycles. The van der Waals surface area contributed by atoms with Gasteiger partial charge in [0.05, 0.1) is 6.04 Å². The van der Waals surface area contributed by atoms with Crippen LogP contribution in [0.4, 0.5) is 10.5 Å². The monoisotopic (exact) mass is 450 g/mol. The standard InChI is InChI=1S/C26H34N4O3/c1-26(2,3)33-25(32)28-23-8-7-18-5-6-19(17-22(18)23)24(31)29(4)20-11-15-30(16-12-20)21-9-13-27-14-10-21/h5-6,9-10,13-14,17,20,23H,7-8,11-12,15-16H2,1-4H3,(H,28,32)/t23-/m1/s1. The number of ether oxygens (including phenoxy) is 1. The molecule has 1 aliphatic heterocycles. The molecule has 1 atom stereocenters. The van der Waals surface area contributed by atoms with Crippen molar-refractivity contribution >= 4 is 17.7 Å². The van der Waals surface area contributed by atoms with Gasteiger partial charge in [-0.05, 0) is 81.8 Å². The van der Waals surface area contributed by atoms with E-state index in [-0.39, 0.29) is 18.0 Å². The van der Waals surface area contributed by atoms with Crippen LogP contribution in [0.2, 0.25) is 0 Å². The number of nitrogens with one attached hydrogen (secondary N) is 1. The molecule has 1 N–H and O–H groups in total. The summed E-state index contributed by atoms with van der Waals surface area (Å²) in [7, 11) is 1.90. The minimum absolute atomic E-state index is 0.0306. The highest BCUT2D eigenvalue weighted by atomic mass is 16.6. The van der Waals surface area contributed by atoms with Crippen LogP contribution in [0.3, 0.4) is 0 Å². The van der Waals surface area contributed by atoms with E-state index in [1.807, 2.05) is 75.4 Å². The summed E-state index contributed by atoms with van der Waals surface area (Å²) >= 11 is 0. The summed E-state index contributed by atoms with van der Waals surface area (Å²) in [5, 5.41) is 2.97. The van der Waals surface area contributed by atoms with E-state index in [0.717, 1.165) is 44.3 Å². The topological polar surface area (TPSA) is 74.8 Å². The Bertz CT molecular complexity index is 994. The number of amides is 2. The molecule has 1 aromatic carbocycles. The minimum atomic E-state index is -0.543. The number of benzene rings is 1. The number of piperidine rings is 1. The van der Waals surface area contributed by atoms with Crippen molar-refractivity contribution in [3.05, 3.63) is 59.4 Å². The number of alkyl carbamates (subject to hydrolysis) is 1. The number of hydrogen-bond acceptors (Lipinski definition) is 5. The van der Waals surface area contributed by atoms with Crippen molar-refractivity contribution in [1.29, 1.82) is 0 Å². The van der Waals surface area contributed by atoms with E-state index in [1.54, 1.807) is 0 Å². The first kappa shape index (κ1) is 23.1. The van der Waals surface area contributed by atoms with Gasteiger partial charge in [-0.2, -0.15) is 0 Å². The maximum absolute atomic E-state index is 13.3. The summed E-state index contributed by atoms with van der Waals surface area (Å²) in [6.07, 6.45) is 6.76. The molecular weight excluding hydrogens is 416 g/mol. The molecule has 1 saturated heterocycles. The fourth-order valence-electron chi connectivity index (χ4n) is 4.77. The number of fused-ring (bicyclic) bond motifs is 1. The summed E-state index contributed by atoms with van der Waals surface area (Å²) in [6, 6.07) is 10.0. The number of carbonyl (C=O) groups excluding carboxylic acids is 2. The molecule has 1 aromatic heterocycles. The number of aromatic nitrogens is 1. The van der Waals surface area contributed by atoms with Crippen LogP contribution in [0.5, 0.6) is 0 Å². The van der Waals surface area contributed by atoms with E-state index in [2.05, 4.69) is 15.2 Å². The summed E-state index contributed by atoms with van der Waals surface area (Å²) < 4.78 is 5.42. The smallest absolute Gasteiger partial charge is 0.408 e. The Morgan fingerprint density at radius 2 is 1.79 bits per heavy atom. The van der Waals surface area contributed by atoms with Crippen molar-refractivity contribution in [2.24, 2.45) is 0 Å². The molecule has 33 heavy (non-hydrogen) atoms. The number of pyridine rings is 1. The third-order valence-electron chi connectivity index (χ3n) is 6.52. The number of rotatable bonds is 4. The van der Waals surface area contributed by atoms with Gasteiger partial charge in [-0.1, -0.05) is 6.07 Å². The Labute approximate surface area is 196 Å². The van der Waals surface area contributed by atoms with Gasteiger partial charge in [0.2, 0.25) is 0 Å². The van der Waals surface area contributed by atoms with Crippen LogP contribution in [0.15, 0.2) is 42.7 Å². The molecule has 0 unspecified atom stereocenters. The number of nitrogens with zero attached hydrogens (tertiary/aromatic N) is 3. The van der Waals surface area contributed by atoms with Gasteiger partial charge in [-0.15, -0.1) is 0 Å². The lowest BCUT2D eigenvalue weighted by atomic mass is 10.00. The molecule has 0 radical (unpaired) electrons. The molecule has 7 nitrogen and oxygen atoms in total. The number of anilines is 1. The van der Waals surface area contributed by atoms with Crippen molar-refractivity contribution in [2.75, 3.05) is 25.0 Å². The Hall–Kier alpha value is -3.09. The van der Waals surface area contributed by atoms with Crippen LogP contribution >= 0.6 is 0 Å². The van der Waals surface area contributed by atoms with Crippen molar-refractivity contribution in [3.8, 4) is 0 Å². The van der Waals surface area contributed by atoms with E-state index >= 15 is 0 Å². The minimum Gasteiger partial charge on any atom is -0.444 e. The normalized spacial score (nSPS) is 18.5. The first-order valence-corrected chi connectivity index (χ1v) is 11.8. The second-order valence-corrected chi connectivity index (χ2v) is 9.99.